The molecule has 1 aromatic heterocycles. The number of hydrogen-bond acceptors (Lipinski definition) is 5. The van der Waals surface area contributed by atoms with E-state index in [1.165, 1.54) is 0 Å². The fourth-order valence-electron chi connectivity index (χ4n) is 4.26. The van der Waals surface area contributed by atoms with Gasteiger partial charge in [-0.1, -0.05) is 13.3 Å². The summed E-state index contributed by atoms with van der Waals surface area (Å²) in [6, 6.07) is 4.80. The van der Waals surface area contributed by atoms with Gasteiger partial charge in [-0.3, -0.25) is 14.2 Å². The molecule has 1 atom stereocenters. The van der Waals surface area contributed by atoms with Gasteiger partial charge in [0.05, 0.1) is 16.5 Å². The Morgan fingerprint density at radius 2 is 2.03 bits per heavy atom. The zero-order chi connectivity index (χ0) is 20.4. The summed E-state index contributed by atoms with van der Waals surface area (Å²) in [5, 5.41) is 0.505. The van der Waals surface area contributed by atoms with Crippen LogP contribution in [-0.4, -0.2) is 46.0 Å². The van der Waals surface area contributed by atoms with Crippen molar-refractivity contribution in [1.82, 2.24) is 14.5 Å². The number of fused-ring (bicyclic) bond motifs is 2. The van der Waals surface area contributed by atoms with Crippen LogP contribution in [0.15, 0.2) is 23.0 Å². The minimum Gasteiger partial charge on any atom is -0.452 e. The molecule has 0 aliphatic carbocycles. The van der Waals surface area contributed by atoms with Gasteiger partial charge in [-0.25, -0.2) is 9.78 Å². The molecule has 154 valence electrons. The first-order chi connectivity index (χ1) is 14.0. The number of likely N-dealkylation sites (tertiary alicyclic amines) is 1. The molecule has 2 aliphatic rings. The van der Waals surface area contributed by atoms with Crippen LogP contribution in [0, 0.1) is 5.92 Å². The summed E-state index contributed by atoms with van der Waals surface area (Å²) in [7, 11) is 0. The summed E-state index contributed by atoms with van der Waals surface area (Å²) < 4.78 is 7.00. The zero-order valence-corrected chi connectivity index (χ0v) is 16.9. The van der Waals surface area contributed by atoms with E-state index in [9.17, 15) is 14.4 Å². The van der Waals surface area contributed by atoms with Crippen molar-refractivity contribution in [2.45, 2.75) is 52.0 Å². The van der Waals surface area contributed by atoms with Crippen LogP contribution in [-0.2, 0) is 22.5 Å². The summed E-state index contributed by atoms with van der Waals surface area (Å²) in [5.41, 5.74) is 0.762. The van der Waals surface area contributed by atoms with E-state index >= 15 is 0 Å². The van der Waals surface area contributed by atoms with Crippen molar-refractivity contribution in [2.24, 2.45) is 5.92 Å². The minimum absolute atomic E-state index is 0.0544. The number of rotatable bonds is 3. The van der Waals surface area contributed by atoms with Crippen LogP contribution in [0.2, 0.25) is 0 Å². The summed E-state index contributed by atoms with van der Waals surface area (Å²) in [6.45, 7) is 3.99. The molecular formula is C22H27N3O4. The molecule has 3 heterocycles. The van der Waals surface area contributed by atoms with Crippen molar-refractivity contribution in [3.8, 4) is 0 Å². The number of aryl methyl sites for hydroxylation is 1. The molecule has 1 unspecified atom stereocenters. The van der Waals surface area contributed by atoms with Crippen molar-refractivity contribution >= 4 is 22.8 Å². The van der Waals surface area contributed by atoms with Crippen LogP contribution in [0.3, 0.4) is 0 Å². The maximum atomic E-state index is 12.8. The Kier molecular flexibility index (Phi) is 5.65. The van der Waals surface area contributed by atoms with Gasteiger partial charge in [-0.05, 0) is 49.8 Å². The van der Waals surface area contributed by atoms with Gasteiger partial charge in [0, 0.05) is 26.1 Å². The maximum absolute atomic E-state index is 12.8. The van der Waals surface area contributed by atoms with Gasteiger partial charge in [0.1, 0.15) is 5.82 Å². The smallest absolute Gasteiger partial charge is 0.338 e. The van der Waals surface area contributed by atoms with Crippen LogP contribution < -0.4 is 5.56 Å². The average Bonchev–Trinajstić information content (AvgIpc) is 2.97. The molecule has 0 bridgehead atoms. The molecule has 0 radical (unpaired) electrons. The Bertz CT molecular complexity index is 997. The maximum Gasteiger partial charge on any atom is 0.338 e. The molecule has 1 amide bonds. The Labute approximate surface area is 169 Å². The number of carbonyl (C=O) groups excluding carboxylic acids is 2. The average molecular weight is 397 g/mol. The standard InChI is InChI=1S/C22H27N3O4/c1-15-6-5-10-24(13-15)20(26)14-29-22(28)16-8-9-17-18(12-16)23-19-7-3-2-4-11-25(19)21(17)27/h8-9,12,15H,2-7,10-11,13-14H2,1H3. The molecule has 1 fully saturated rings. The zero-order valence-electron chi connectivity index (χ0n) is 16.9. The molecule has 0 spiro atoms. The van der Waals surface area contributed by atoms with Gasteiger partial charge >= 0.3 is 5.97 Å². The molecule has 7 heteroatoms. The van der Waals surface area contributed by atoms with Crippen molar-refractivity contribution in [1.29, 1.82) is 0 Å². The van der Waals surface area contributed by atoms with Gasteiger partial charge in [0.25, 0.3) is 11.5 Å². The van der Waals surface area contributed by atoms with E-state index in [0.29, 0.717) is 35.5 Å². The van der Waals surface area contributed by atoms with Crippen molar-refractivity contribution < 1.29 is 14.3 Å². The highest BCUT2D eigenvalue weighted by Crippen LogP contribution is 2.18. The van der Waals surface area contributed by atoms with Crippen LogP contribution in [0.5, 0.6) is 0 Å². The minimum atomic E-state index is -0.567. The van der Waals surface area contributed by atoms with Crippen molar-refractivity contribution in [3.05, 3.63) is 39.9 Å². The number of carbonyl (C=O) groups is 2. The first-order valence-electron chi connectivity index (χ1n) is 10.5. The van der Waals surface area contributed by atoms with Crippen LogP contribution in [0.25, 0.3) is 10.9 Å². The summed E-state index contributed by atoms with van der Waals surface area (Å²) in [4.78, 5) is 44.0. The molecule has 1 aromatic carbocycles. The van der Waals surface area contributed by atoms with Gasteiger partial charge in [-0.2, -0.15) is 0 Å². The number of piperidine rings is 1. The van der Waals surface area contributed by atoms with Crippen LogP contribution in [0.4, 0.5) is 0 Å². The summed E-state index contributed by atoms with van der Waals surface area (Å²) in [5.74, 6) is 0.527. The number of hydrogen-bond donors (Lipinski definition) is 0. The Hall–Kier alpha value is -2.70. The monoisotopic (exact) mass is 397 g/mol. The Morgan fingerprint density at radius 1 is 1.17 bits per heavy atom. The van der Waals surface area contributed by atoms with E-state index in [-0.39, 0.29) is 18.1 Å². The topological polar surface area (TPSA) is 81.5 Å². The van der Waals surface area contributed by atoms with Gasteiger partial charge in [-0.15, -0.1) is 0 Å². The third kappa shape index (κ3) is 4.18. The predicted octanol–water partition coefficient (Wildman–Crippen LogP) is 2.54. The first kappa shape index (κ1) is 19.6. The summed E-state index contributed by atoms with van der Waals surface area (Å²) >= 11 is 0. The van der Waals surface area contributed by atoms with E-state index in [0.717, 1.165) is 50.9 Å². The second-order valence-electron chi connectivity index (χ2n) is 8.19. The van der Waals surface area contributed by atoms with Crippen molar-refractivity contribution in [3.63, 3.8) is 0 Å². The number of esters is 1. The largest absolute Gasteiger partial charge is 0.452 e. The number of aromatic nitrogens is 2. The van der Waals surface area contributed by atoms with Gasteiger partial charge in [0.15, 0.2) is 6.61 Å². The molecule has 7 nitrogen and oxygen atoms in total. The first-order valence-corrected chi connectivity index (χ1v) is 10.5. The van der Waals surface area contributed by atoms with E-state index < -0.39 is 5.97 Å². The lowest BCUT2D eigenvalue weighted by atomic mass is 10.0. The van der Waals surface area contributed by atoms with Gasteiger partial charge in [0.2, 0.25) is 0 Å². The molecule has 0 saturated carbocycles. The van der Waals surface area contributed by atoms with Crippen LogP contribution in [0.1, 0.15) is 55.2 Å². The summed E-state index contributed by atoms with van der Waals surface area (Å²) in [6.07, 6.45) is 5.95. The van der Waals surface area contributed by atoms with E-state index in [2.05, 4.69) is 11.9 Å². The number of benzene rings is 1. The van der Waals surface area contributed by atoms with E-state index in [1.807, 2.05) is 0 Å². The third-order valence-corrected chi connectivity index (χ3v) is 5.89. The second-order valence-corrected chi connectivity index (χ2v) is 8.19. The van der Waals surface area contributed by atoms with Crippen LogP contribution >= 0.6 is 0 Å². The predicted molar refractivity (Wildman–Crippen MR) is 109 cm³/mol. The highest BCUT2D eigenvalue weighted by molar-refractivity contribution is 5.95. The SMILES string of the molecule is CC1CCCN(C(=O)COC(=O)c2ccc3c(=O)n4c(nc3c2)CCCCC4)C1. The number of amides is 1. The molecule has 4 rings (SSSR count). The highest BCUT2D eigenvalue weighted by atomic mass is 16.5. The molecule has 2 aromatic rings. The number of nitrogens with zero attached hydrogens (tertiary/aromatic N) is 3. The Balaban J connectivity index is 1.49. The molecule has 29 heavy (non-hydrogen) atoms. The quantitative estimate of drug-likeness (QED) is 0.744. The fourth-order valence-corrected chi connectivity index (χ4v) is 4.26. The highest BCUT2D eigenvalue weighted by Gasteiger charge is 2.22. The lowest BCUT2D eigenvalue weighted by Gasteiger charge is -2.30. The van der Waals surface area contributed by atoms with Crippen molar-refractivity contribution in [2.75, 3.05) is 19.7 Å². The number of ether oxygens (including phenoxy) is 1. The lowest BCUT2D eigenvalue weighted by molar-refractivity contribution is -0.136. The third-order valence-electron chi connectivity index (χ3n) is 5.89. The fraction of sp³-hybridized carbons (Fsp3) is 0.545. The lowest BCUT2D eigenvalue weighted by Crippen LogP contribution is -2.41. The molecule has 0 N–H and O–H groups in total. The van der Waals surface area contributed by atoms with Gasteiger partial charge < -0.3 is 9.64 Å². The molecule has 2 aliphatic heterocycles. The second kappa shape index (κ2) is 8.35. The van der Waals surface area contributed by atoms with E-state index in [1.54, 1.807) is 27.7 Å². The Morgan fingerprint density at radius 3 is 2.86 bits per heavy atom. The molecule has 1 saturated heterocycles. The normalized spacial score (nSPS) is 19.5. The molecular weight excluding hydrogens is 370 g/mol. The van der Waals surface area contributed by atoms with E-state index in [4.69, 9.17) is 4.74 Å².